The third kappa shape index (κ3) is 6.66. The highest BCUT2D eigenvalue weighted by Crippen LogP contribution is 2.40. The highest BCUT2D eigenvalue weighted by atomic mass is 32.2. The van der Waals surface area contributed by atoms with Crippen LogP contribution >= 0.6 is 0 Å². The van der Waals surface area contributed by atoms with Crippen LogP contribution in [-0.4, -0.2) is 48.5 Å². The van der Waals surface area contributed by atoms with Gasteiger partial charge in [-0.05, 0) is 87.0 Å². The van der Waals surface area contributed by atoms with Gasteiger partial charge >= 0.3 is 6.18 Å². The zero-order valence-corrected chi connectivity index (χ0v) is 22.7. The van der Waals surface area contributed by atoms with Crippen molar-refractivity contribution in [2.75, 3.05) is 18.4 Å². The molecule has 0 bridgehead atoms. The molecule has 3 aromatic rings. The molecule has 1 aromatic heterocycles. The van der Waals surface area contributed by atoms with Gasteiger partial charge in [0, 0.05) is 24.3 Å². The van der Waals surface area contributed by atoms with Gasteiger partial charge in [-0.15, -0.1) is 0 Å². The number of halogens is 6. The molecule has 3 atom stereocenters. The molecule has 6 nitrogen and oxygen atoms in total. The summed E-state index contributed by atoms with van der Waals surface area (Å²) < 4.78 is 110. The standard InChI is InChI=1S/C28H28F6N4O2S/c29-20-10-18(9-19(12-20)28(32,33)34)17-3-4-24(26(11-17)38-7-1-2-8-38)37-25-13-23(31)27(14-22(25)30)41(39,40)15-21-5-6-35-16-36-21/h5-6,9-10,12-14,16-17,24,26,37H,1-4,7-8,11,15H2/t17-,24-,26-/m0/s1. The van der Waals surface area contributed by atoms with E-state index >= 15 is 8.78 Å². The SMILES string of the molecule is O=S(=O)(Cc1ccncn1)c1cc(F)c(N[C@H]2CC[C@H](c3cc(F)cc(C(F)(F)F)c3)C[C@@H]2N2CCCC2)cc1F. The van der Waals surface area contributed by atoms with Crippen molar-refractivity contribution in [2.24, 2.45) is 0 Å². The van der Waals surface area contributed by atoms with Gasteiger partial charge < -0.3 is 5.32 Å². The number of nitrogens with one attached hydrogen (secondary N) is 1. The minimum Gasteiger partial charge on any atom is -0.378 e. The van der Waals surface area contributed by atoms with Gasteiger partial charge in [0.1, 0.15) is 28.7 Å². The van der Waals surface area contributed by atoms with Crippen LogP contribution in [0.5, 0.6) is 0 Å². The summed E-state index contributed by atoms with van der Waals surface area (Å²) in [6.45, 7) is 1.48. The molecule has 1 aliphatic heterocycles. The summed E-state index contributed by atoms with van der Waals surface area (Å²) in [5.74, 6) is -4.01. The fourth-order valence-corrected chi connectivity index (χ4v) is 7.21. The van der Waals surface area contributed by atoms with Crippen LogP contribution in [0.2, 0.25) is 0 Å². The first-order valence-corrected chi connectivity index (χ1v) is 14.9. The molecule has 0 amide bonds. The predicted molar refractivity (Wildman–Crippen MR) is 139 cm³/mol. The fourth-order valence-electron chi connectivity index (χ4n) is 5.86. The number of likely N-dealkylation sites (tertiary alicyclic amines) is 1. The van der Waals surface area contributed by atoms with Crippen molar-refractivity contribution >= 4 is 15.5 Å². The molecule has 2 aromatic carbocycles. The van der Waals surface area contributed by atoms with E-state index in [2.05, 4.69) is 20.2 Å². The Balaban J connectivity index is 1.38. The van der Waals surface area contributed by atoms with E-state index in [0.29, 0.717) is 31.4 Å². The number of anilines is 1. The average molecular weight is 599 g/mol. The van der Waals surface area contributed by atoms with Gasteiger partial charge in [0.25, 0.3) is 0 Å². The number of nitrogens with zero attached hydrogens (tertiary/aromatic N) is 3. The molecule has 1 saturated carbocycles. The molecule has 5 rings (SSSR count). The summed E-state index contributed by atoms with van der Waals surface area (Å²) in [4.78, 5) is 8.92. The van der Waals surface area contributed by atoms with Crippen molar-refractivity contribution < 1.29 is 34.8 Å². The van der Waals surface area contributed by atoms with E-state index in [1.54, 1.807) is 0 Å². The van der Waals surface area contributed by atoms with E-state index in [0.717, 1.165) is 50.5 Å². The van der Waals surface area contributed by atoms with Gasteiger partial charge in [0.05, 0.1) is 22.7 Å². The van der Waals surface area contributed by atoms with Crippen molar-refractivity contribution in [2.45, 2.75) is 66.9 Å². The van der Waals surface area contributed by atoms with Crippen LogP contribution in [-0.2, 0) is 21.8 Å². The van der Waals surface area contributed by atoms with E-state index < -0.39 is 55.7 Å². The third-order valence-electron chi connectivity index (χ3n) is 7.82. The van der Waals surface area contributed by atoms with E-state index in [1.165, 1.54) is 12.3 Å². The molecule has 1 saturated heterocycles. The zero-order valence-electron chi connectivity index (χ0n) is 21.8. The fraction of sp³-hybridized carbons (Fsp3) is 0.429. The second-order valence-electron chi connectivity index (χ2n) is 10.6. The van der Waals surface area contributed by atoms with Crippen LogP contribution in [0.25, 0.3) is 0 Å². The molecule has 220 valence electrons. The Morgan fingerprint density at radius 1 is 0.976 bits per heavy atom. The molecule has 1 aliphatic carbocycles. The molecule has 2 heterocycles. The molecule has 2 fully saturated rings. The first kappa shape index (κ1) is 29.3. The molecule has 0 radical (unpaired) electrons. The summed E-state index contributed by atoms with van der Waals surface area (Å²) >= 11 is 0. The molecule has 13 heteroatoms. The minimum absolute atomic E-state index is 0.132. The number of aromatic nitrogens is 2. The van der Waals surface area contributed by atoms with Crippen molar-refractivity contribution in [3.05, 3.63) is 83.2 Å². The molecule has 0 spiro atoms. The Bertz CT molecular complexity index is 1500. The monoisotopic (exact) mass is 598 g/mol. The van der Waals surface area contributed by atoms with E-state index in [4.69, 9.17) is 0 Å². The lowest BCUT2D eigenvalue weighted by Crippen LogP contribution is -2.49. The number of benzene rings is 2. The maximum Gasteiger partial charge on any atom is 0.416 e. The van der Waals surface area contributed by atoms with Gasteiger partial charge in [-0.3, -0.25) is 4.90 Å². The molecule has 0 unspecified atom stereocenters. The molecule has 41 heavy (non-hydrogen) atoms. The van der Waals surface area contributed by atoms with Gasteiger partial charge in [-0.25, -0.2) is 31.6 Å². The van der Waals surface area contributed by atoms with Crippen LogP contribution < -0.4 is 5.32 Å². The lowest BCUT2D eigenvalue weighted by molar-refractivity contribution is -0.137. The van der Waals surface area contributed by atoms with Crippen LogP contribution in [0.3, 0.4) is 0 Å². The molecule has 1 N–H and O–H groups in total. The Kier molecular flexibility index (Phi) is 8.29. The van der Waals surface area contributed by atoms with Crippen molar-refractivity contribution in [3.63, 3.8) is 0 Å². The van der Waals surface area contributed by atoms with Crippen LogP contribution in [0, 0.1) is 17.5 Å². The first-order chi connectivity index (χ1) is 19.4. The quantitative estimate of drug-likeness (QED) is 0.332. The minimum atomic E-state index is -4.68. The lowest BCUT2D eigenvalue weighted by Gasteiger charge is -2.42. The van der Waals surface area contributed by atoms with Gasteiger partial charge in [0.15, 0.2) is 9.84 Å². The summed E-state index contributed by atoms with van der Waals surface area (Å²) in [6, 6.07) is 4.79. The number of alkyl halides is 3. The van der Waals surface area contributed by atoms with Crippen molar-refractivity contribution in [3.8, 4) is 0 Å². The Labute approximate surface area is 233 Å². The Morgan fingerprint density at radius 3 is 2.41 bits per heavy atom. The summed E-state index contributed by atoms with van der Waals surface area (Å²) in [6.07, 6.45) is 0.868. The maximum absolute atomic E-state index is 15.2. The summed E-state index contributed by atoms with van der Waals surface area (Å²) in [7, 11) is -4.25. The summed E-state index contributed by atoms with van der Waals surface area (Å²) in [5.41, 5.74) is -0.859. The molecular formula is C28H28F6N4O2S. The number of hydrogen-bond donors (Lipinski definition) is 1. The normalized spacial score (nSPS) is 22.1. The highest BCUT2D eigenvalue weighted by molar-refractivity contribution is 7.90. The highest BCUT2D eigenvalue weighted by Gasteiger charge is 2.38. The van der Waals surface area contributed by atoms with Gasteiger partial charge in [-0.1, -0.05) is 0 Å². The van der Waals surface area contributed by atoms with Gasteiger partial charge in [0.2, 0.25) is 0 Å². The van der Waals surface area contributed by atoms with Crippen LogP contribution in [0.4, 0.5) is 32.0 Å². The van der Waals surface area contributed by atoms with Crippen LogP contribution in [0.1, 0.15) is 54.8 Å². The van der Waals surface area contributed by atoms with E-state index in [9.17, 15) is 26.0 Å². The molecule has 2 aliphatic rings. The lowest BCUT2D eigenvalue weighted by atomic mass is 9.77. The topological polar surface area (TPSA) is 75.2 Å². The van der Waals surface area contributed by atoms with Gasteiger partial charge in [-0.2, -0.15) is 13.2 Å². The third-order valence-corrected chi connectivity index (χ3v) is 9.48. The smallest absolute Gasteiger partial charge is 0.378 e. The number of hydrogen-bond acceptors (Lipinski definition) is 6. The number of sulfone groups is 1. The first-order valence-electron chi connectivity index (χ1n) is 13.3. The van der Waals surface area contributed by atoms with Crippen molar-refractivity contribution in [1.29, 1.82) is 0 Å². The average Bonchev–Trinajstić information content (AvgIpc) is 3.45. The molecular weight excluding hydrogens is 570 g/mol. The summed E-state index contributed by atoms with van der Waals surface area (Å²) in [5, 5.41) is 3.04. The predicted octanol–water partition coefficient (Wildman–Crippen LogP) is 6.10. The second kappa shape index (κ2) is 11.6. The Morgan fingerprint density at radius 2 is 1.73 bits per heavy atom. The van der Waals surface area contributed by atoms with E-state index in [1.807, 2.05) is 0 Å². The van der Waals surface area contributed by atoms with Crippen LogP contribution in [0.15, 0.2) is 53.8 Å². The Hall–Kier alpha value is -3.19. The number of rotatable bonds is 7. The zero-order chi connectivity index (χ0) is 29.4. The van der Waals surface area contributed by atoms with E-state index in [-0.39, 0.29) is 28.9 Å². The largest absolute Gasteiger partial charge is 0.416 e. The maximum atomic E-state index is 15.2. The van der Waals surface area contributed by atoms with Crippen molar-refractivity contribution in [1.82, 2.24) is 14.9 Å². The second-order valence-corrected chi connectivity index (χ2v) is 12.5.